The average Bonchev–Trinajstić information content (AvgIpc) is 2.68. The zero-order valence-corrected chi connectivity index (χ0v) is 17.3. The van der Waals surface area contributed by atoms with Gasteiger partial charge in [-0.25, -0.2) is 0 Å². The second-order valence-electron chi connectivity index (χ2n) is 6.67. The molecule has 5 heteroatoms. The molecule has 3 aromatic rings. The number of benzene rings is 3. The van der Waals surface area contributed by atoms with E-state index in [0.717, 1.165) is 21.2 Å². The third-order valence-electron chi connectivity index (χ3n) is 4.31. The molecule has 0 aromatic heterocycles. The third kappa shape index (κ3) is 5.08. The van der Waals surface area contributed by atoms with Crippen LogP contribution in [0.1, 0.15) is 43.6 Å². The minimum absolute atomic E-state index is 0.249. The fraction of sp³-hybridized carbons (Fsp3) is 0.130. The first-order valence-corrected chi connectivity index (χ1v) is 9.72. The predicted octanol–water partition coefficient (Wildman–Crippen LogP) is 4.92. The maximum atomic E-state index is 12.7. The molecule has 0 spiro atoms. The maximum absolute atomic E-state index is 12.7. The number of hydrogen-bond donors (Lipinski definition) is 2. The van der Waals surface area contributed by atoms with Crippen LogP contribution in [0.3, 0.4) is 0 Å². The van der Waals surface area contributed by atoms with Crippen molar-refractivity contribution >= 4 is 27.7 Å². The van der Waals surface area contributed by atoms with Crippen molar-refractivity contribution in [3.63, 3.8) is 0 Å². The van der Waals surface area contributed by atoms with Crippen molar-refractivity contribution in [1.29, 1.82) is 0 Å². The van der Waals surface area contributed by atoms with Gasteiger partial charge in [0, 0.05) is 15.6 Å². The summed E-state index contributed by atoms with van der Waals surface area (Å²) in [5.74, 6) is -0.498. The van der Waals surface area contributed by atoms with E-state index < -0.39 is 6.17 Å². The molecular formula is C23H21BrN2O2. The van der Waals surface area contributed by atoms with Crippen LogP contribution in [0.2, 0.25) is 0 Å². The number of carbonyl (C=O) groups is 2. The first kappa shape index (κ1) is 19.8. The Morgan fingerprint density at radius 1 is 0.750 bits per heavy atom. The van der Waals surface area contributed by atoms with Gasteiger partial charge >= 0.3 is 0 Å². The molecule has 0 fully saturated rings. The van der Waals surface area contributed by atoms with Crippen molar-refractivity contribution in [2.75, 3.05) is 0 Å². The second kappa shape index (κ2) is 8.85. The van der Waals surface area contributed by atoms with Gasteiger partial charge in [0.15, 0.2) is 0 Å². The van der Waals surface area contributed by atoms with Crippen LogP contribution in [0.15, 0.2) is 77.3 Å². The second-order valence-corrected chi connectivity index (χ2v) is 7.59. The highest BCUT2D eigenvalue weighted by atomic mass is 79.9. The lowest BCUT2D eigenvalue weighted by Crippen LogP contribution is -2.41. The van der Waals surface area contributed by atoms with Crippen LogP contribution in [-0.4, -0.2) is 11.8 Å². The molecule has 0 unspecified atom stereocenters. The van der Waals surface area contributed by atoms with Crippen LogP contribution in [0.25, 0.3) is 0 Å². The van der Waals surface area contributed by atoms with Gasteiger partial charge < -0.3 is 10.6 Å². The van der Waals surface area contributed by atoms with E-state index in [1.807, 2.05) is 74.5 Å². The molecule has 0 bridgehead atoms. The molecule has 0 aliphatic carbocycles. The fourth-order valence-electron chi connectivity index (χ4n) is 2.86. The molecule has 0 saturated heterocycles. The quantitative estimate of drug-likeness (QED) is 0.557. The SMILES string of the molecule is Cc1cccc(C(=O)NC(NC(=O)c2cccc(C)c2)c2ccc(Br)cc2)c1. The molecule has 3 rings (SSSR count). The van der Waals surface area contributed by atoms with Crippen molar-refractivity contribution in [3.8, 4) is 0 Å². The molecule has 0 saturated carbocycles. The molecule has 0 aliphatic rings. The highest BCUT2D eigenvalue weighted by Gasteiger charge is 2.19. The Labute approximate surface area is 173 Å². The maximum Gasteiger partial charge on any atom is 0.253 e. The average molecular weight is 437 g/mol. The van der Waals surface area contributed by atoms with E-state index in [0.29, 0.717) is 11.1 Å². The van der Waals surface area contributed by atoms with Crippen LogP contribution in [0, 0.1) is 13.8 Å². The normalized spacial score (nSPS) is 10.6. The zero-order valence-electron chi connectivity index (χ0n) is 15.7. The van der Waals surface area contributed by atoms with Crippen LogP contribution >= 0.6 is 15.9 Å². The van der Waals surface area contributed by atoms with Gasteiger partial charge in [-0.3, -0.25) is 9.59 Å². The largest absolute Gasteiger partial charge is 0.328 e. The van der Waals surface area contributed by atoms with E-state index in [2.05, 4.69) is 26.6 Å². The first-order chi connectivity index (χ1) is 13.4. The summed E-state index contributed by atoms with van der Waals surface area (Å²) in [7, 11) is 0. The summed E-state index contributed by atoms with van der Waals surface area (Å²) < 4.78 is 0.921. The number of halogens is 1. The van der Waals surface area contributed by atoms with Gasteiger partial charge in [0.25, 0.3) is 11.8 Å². The molecule has 0 atom stereocenters. The number of amides is 2. The van der Waals surface area contributed by atoms with Crippen molar-refractivity contribution < 1.29 is 9.59 Å². The van der Waals surface area contributed by atoms with Gasteiger partial charge in [-0.05, 0) is 55.8 Å². The number of carbonyl (C=O) groups excluding carboxylic acids is 2. The summed E-state index contributed by atoms with van der Waals surface area (Å²) in [6.07, 6.45) is -0.658. The van der Waals surface area contributed by atoms with E-state index >= 15 is 0 Å². The van der Waals surface area contributed by atoms with Crippen LogP contribution in [0.5, 0.6) is 0 Å². The summed E-state index contributed by atoms with van der Waals surface area (Å²) in [5, 5.41) is 5.85. The monoisotopic (exact) mass is 436 g/mol. The molecule has 0 aliphatic heterocycles. The van der Waals surface area contributed by atoms with Gasteiger partial charge in [-0.2, -0.15) is 0 Å². The van der Waals surface area contributed by atoms with Crippen molar-refractivity contribution in [1.82, 2.24) is 10.6 Å². The summed E-state index contributed by atoms with van der Waals surface area (Å²) >= 11 is 3.41. The van der Waals surface area contributed by atoms with Gasteiger partial charge in [0.05, 0.1) is 0 Å². The molecule has 2 N–H and O–H groups in total. The summed E-state index contributed by atoms with van der Waals surface area (Å²) in [6, 6.07) is 22.2. The molecule has 0 heterocycles. The van der Waals surface area contributed by atoms with E-state index in [-0.39, 0.29) is 11.8 Å². The molecule has 4 nitrogen and oxygen atoms in total. The van der Waals surface area contributed by atoms with E-state index in [1.165, 1.54) is 0 Å². The van der Waals surface area contributed by atoms with E-state index in [4.69, 9.17) is 0 Å². The minimum atomic E-state index is -0.658. The van der Waals surface area contributed by atoms with Crippen LogP contribution < -0.4 is 10.6 Å². The van der Waals surface area contributed by atoms with Gasteiger partial charge in [-0.1, -0.05) is 63.5 Å². The topological polar surface area (TPSA) is 58.2 Å². The Bertz CT molecular complexity index is 940. The summed E-state index contributed by atoms with van der Waals surface area (Å²) in [4.78, 5) is 25.5. The Morgan fingerprint density at radius 2 is 1.21 bits per heavy atom. The van der Waals surface area contributed by atoms with E-state index in [9.17, 15) is 9.59 Å². The lowest BCUT2D eigenvalue weighted by molar-refractivity contribution is 0.0883. The van der Waals surface area contributed by atoms with E-state index in [1.54, 1.807) is 12.1 Å². The smallest absolute Gasteiger partial charge is 0.253 e. The molecule has 0 radical (unpaired) electrons. The molecular weight excluding hydrogens is 416 g/mol. The Hall–Kier alpha value is -2.92. The van der Waals surface area contributed by atoms with Gasteiger partial charge in [0.2, 0.25) is 0 Å². The molecule has 142 valence electrons. The lowest BCUT2D eigenvalue weighted by Gasteiger charge is -2.21. The Morgan fingerprint density at radius 3 is 1.64 bits per heavy atom. The lowest BCUT2D eigenvalue weighted by atomic mass is 10.1. The molecule has 28 heavy (non-hydrogen) atoms. The zero-order chi connectivity index (χ0) is 20.1. The van der Waals surface area contributed by atoms with Crippen LogP contribution in [-0.2, 0) is 0 Å². The molecule has 2 amide bonds. The number of hydrogen-bond acceptors (Lipinski definition) is 2. The fourth-order valence-corrected chi connectivity index (χ4v) is 3.12. The van der Waals surface area contributed by atoms with Crippen molar-refractivity contribution in [2.45, 2.75) is 20.0 Å². The predicted molar refractivity (Wildman–Crippen MR) is 114 cm³/mol. The Kier molecular flexibility index (Phi) is 6.26. The van der Waals surface area contributed by atoms with Crippen molar-refractivity contribution in [2.24, 2.45) is 0 Å². The van der Waals surface area contributed by atoms with Crippen molar-refractivity contribution in [3.05, 3.63) is 105 Å². The third-order valence-corrected chi connectivity index (χ3v) is 4.84. The summed E-state index contributed by atoms with van der Waals surface area (Å²) in [5.41, 5.74) is 3.87. The van der Waals surface area contributed by atoms with Gasteiger partial charge in [-0.15, -0.1) is 0 Å². The standard InChI is InChI=1S/C23H21BrN2O2/c1-15-5-3-7-18(13-15)22(27)25-21(17-9-11-20(24)12-10-17)26-23(28)19-8-4-6-16(2)14-19/h3-14,21H,1-2H3,(H,25,27)(H,26,28). The number of rotatable bonds is 5. The number of nitrogens with one attached hydrogen (secondary N) is 2. The minimum Gasteiger partial charge on any atom is -0.328 e. The summed E-state index contributed by atoms with van der Waals surface area (Å²) in [6.45, 7) is 3.87. The Balaban J connectivity index is 1.85. The highest BCUT2D eigenvalue weighted by molar-refractivity contribution is 9.10. The number of aryl methyl sites for hydroxylation is 2. The first-order valence-electron chi connectivity index (χ1n) is 8.93. The highest BCUT2D eigenvalue weighted by Crippen LogP contribution is 2.17. The van der Waals surface area contributed by atoms with Crippen LogP contribution in [0.4, 0.5) is 0 Å². The molecule has 3 aromatic carbocycles. The van der Waals surface area contributed by atoms with Gasteiger partial charge in [0.1, 0.15) is 6.17 Å².